The molecule has 6 nitrogen and oxygen atoms in total. The van der Waals surface area contributed by atoms with Crippen molar-refractivity contribution in [1.82, 2.24) is 19.9 Å². The Morgan fingerprint density at radius 2 is 1.78 bits per heavy atom. The monoisotopic (exact) mass is 506 g/mol. The van der Waals surface area contributed by atoms with Gasteiger partial charge in [-0.25, -0.2) is 4.68 Å². The highest BCUT2D eigenvalue weighted by atomic mass is 16.5. The average molecular weight is 507 g/mol. The lowest BCUT2D eigenvalue weighted by molar-refractivity contribution is -0.164. The van der Waals surface area contributed by atoms with Crippen LogP contribution in [0.2, 0.25) is 0 Å². The topological polar surface area (TPSA) is 60.3 Å². The molecule has 0 unspecified atom stereocenters. The number of para-hydroxylation sites is 1. The Labute approximate surface area is 222 Å². The molecule has 0 N–H and O–H groups in total. The zero-order valence-electron chi connectivity index (χ0n) is 23.5. The number of benzene rings is 1. The maximum atomic E-state index is 12.4. The summed E-state index contributed by atoms with van der Waals surface area (Å²) in [4.78, 5) is 15.1. The van der Waals surface area contributed by atoms with Crippen LogP contribution in [0.25, 0.3) is 11.0 Å². The zero-order valence-corrected chi connectivity index (χ0v) is 23.5. The quantitative estimate of drug-likeness (QED) is 0.448. The van der Waals surface area contributed by atoms with Crippen molar-refractivity contribution in [3.05, 3.63) is 24.3 Å². The number of carbonyl (C=O) groups excluding carboxylic acids is 1. The summed E-state index contributed by atoms with van der Waals surface area (Å²) < 4.78 is 8.30. The van der Waals surface area contributed by atoms with Gasteiger partial charge < -0.3 is 9.64 Å². The molecule has 0 bridgehead atoms. The van der Waals surface area contributed by atoms with Gasteiger partial charge in [0, 0.05) is 18.4 Å². The number of hydrogen-bond acceptors (Lipinski definition) is 5. The van der Waals surface area contributed by atoms with Crippen LogP contribution in [0.5, 0.6) is 0 Å². The molecule has 0 spiro atoms. The SMILES string of the molecule is CCN(CC)[C@H]1CC[C@@]2(C)[C@@H](CC[C@@H]3[C@@H]2CC[C@@]2(C)[C@H]3C[C@H](n3nnc4ccccc43)[C@@H]2OC(C)=O)C1. The van der Waals surface area contributed by atoms with E-state index < -0.39 is 0 Å². The minimum Gasteiger partial charge on any atom is -0.460 e. The highest BCUT2D eigenvalue weighted by molar-refractivity contribution is 5.74. The summed E-state index contributed by atoms with van der Waals surface area (Å²) in [5, 5.41) is 9.09. The molecule has 9 atom stereocenters. The number of aromatic nitrogens is 3. The number of carbonyl (C=O) groups is 1. The zero-order chi connectivity index (χ0) is 25.9. The van der Waals surface area contributed by atoms with E-state index in [4.69, 9.17) is 4.74 Å². The summed E-state index contributed by atoms with van der Waals surface area (Å²) in [6, 6.07) is 9.01. The molecule has 0 saturated heterocycles. The summed E-state index contributed by atoms with van der Waals surface area (Å²) in [5.41, 5.74) is 2.41. The minimum atomic E-state index is -0.172. The molecule has 6 heteroatoms. The van der Waals surface area contributed by atoms with Crippen molar-refractivity contribution in [2.45, 2.75) is 104 Å². The van der Waals surface area contributed by atoms with Gasteiger partial charge in [0.25, 0.3) is 0 Å². The average Bonchev–Trinajstić information content (AvgIpc) is 3.43. The second-order valence-corrected chi connectivity index (χ2v) is 13.2. The number of rotatable bonds is 5. The van der Waals surface area contributed by atoms with Gasteiger partial charge in [-0.3, -0.25) is 4.79 Å². The number of fused-ring (bicyclic) bond motifs is 6. The molecule has 1 heterocycles. The van der Waals surface area contributed by atoms with Gasteiger partial charge in [0.2, 0.25) is 0 Å². The van der Waals surface area contributed by atoms with Crippen LogP contribution >= 0.6 is 0 Å². The minimum absolute atomic E-state index is 0.00776. The lowest BCUT2D eigenvalue weighted by atomic mass is 9.45. The fourth-order valence-electron chi connectivity index (χ4n) is 10.0. The van der Waals surface area contributed by atoms with Gasteiger partial charge in [-0.15, -0.1) is 5.10 Å². The highest BCUT2D eigenvalue weighted by Gasteiger charge is 2.64. The summed E-state index contributed by atoms with van der Waals surface area (Å²) in [5.74, 6) is 2.72. The first-order valence-corrected chi connectivity index (χ1v) is 15.0. The number of ether oxygens (including phenoxy) is 1. The lowest BCUT2D eigenvalue weighted by Crippen LogP contribution is -2.56. The largest absolute Gasteiger partial charge is 0.460 e. The number of hydrogen-bond donors (Lipinski definition) is 0. The Hall–Kier alpha value is -1.95. The van der Waals surface area contributed by atoms with Crippen molar-refractivity contribution in [1.29, 1.82) is 0 Å². The molecule has 202 valence electrons. The van der Waals surface area contributed by atoms with E-state index in [1.807, 2.05) is 12.1 Å². The van der Waals surface area contributed by atoms with Crippen LogP contribution < -0.4 is 0 Å². The van der Waals surface area contributed by atoms with Crippen LogP contribution in [0.3, 0.4) is 0 Å². The molecule has 4 saturated carbocycles. The van der Waals surface area contributed by atoms with Crippen molar-refractivity contribution >= 4 is 17.0 Å². The predicted octanol–water partition coefficient (Wildman–Crippen LogP) is 6.27. The predicted molar refractivity (Wildman–Crippen MR) is 146 cm³/mol. The molecule has 2 aromatic rings. The van der Waals surface area contributed by atoms with Crippen molar-refractivity contribution < 1.29 is 9.53 Å². The molecule has 1 aromatic heterocycles. The van der Waals surface area contributed by atoms with Gasteiger partial charge in [0.1, 0.15) is 11.6 Å². The van der Waals surface area contributed by atoms with Crippen LogP contribution in [0.15, 0.2) is 24.3 Å². The molecular formula is C31H46N4O2. The van der Waals surface area contributed by atoms with Gasteiger partial charge in [-0.2, -0.15) is 0 Å². The first-order valence-electron chi connectivity index (χ1n) is 15.0. The molecular weight excluding hydrogens is 460 g/mol. The van der Waals surface area contributed by atoms with E-state index >= 15 is 0 Å². The maximum absolute atomic E-state index is 12.4. The molecule has 0 aliphatic heterocycles. The van der Waals surface area contributed by atoms with Crippen molar-refractivity contribution in [3.63, 3.8) is 0 Å². The van der Waals surface area contributed by atoms with Crippen LogP contribution in [0.4, 0.5) is 0 Å². The van der Waals surface area contributed by atoms with Crippen LogP contribution in [-0.4, -0.2) is 51.1 Å². The fraction of sp³-hybridized carbons (Fsp3) is 0.774. The second-order valence-electron chi connectivity index (χ2n) is 13.2. The van der Waals surface area contributed by atoms with E-state index in [-0.39, 0.29) is 23.5 Å². The molecule has 6 rings (SSSR count). The number of nitrogens with zero attached hydrogens (tertiary/aromatic N) is 4. The van der Waals surface area contributed by atoms with Crippen molar-refractivity contribution in [2.24, 2.45) is 34.5 Å². The van der Waals surface area contributed by atoms with Gasteiger partial charge in [0.15, 0.2) is 0 Å². The molecule has 4 aliphatic carbocycles. The van der Waals surface area contributed by atoms with Crippen LogP contribution in [-0.2, 0) is 9.53 Å². The Bertz CT molecular complexity index is 1140. The van der Waals surface area contributed by atoms with Gasteiger partial charge in [-0.1, -0.05) is 45.0 Å². The maximum Gasteiger partial charge on any atom is 0.302 e. The third-order valence-corrected chi connectivity index (χ3v) is 11.9. The Kier molecular flexibility index (Phi) is 6.41. The smallest absolute Gasteiger partial charge is 0.302 e. The highest BCUT2D eigenvalue weighted by Crippen LogP contribution is 2.68. The van der Waals surface area contributed by atoms with Gasteiger partial charge in [0.05, 0.1) is 11.6 Å². The summed E-state index contributed by atoms with van der Waals surface area (Å²) >= 11 is 0. The summed E-state index contributed by atoms with van der Waals surface area (Å²) in [6.07, 6.45) is 10.1. The van der Waals surface area contributed by atoms with E-state index in [0.717, 1.165) is 41.8 Å². The lowest BCUT2D eigenvalue weighted by Gasteiger charge is -2.61. The number of esters is 1. The Morgan fingerprint density at radius 1 is 1.03 bits per heavy atom. The Balaban J connectivity index is 1.31. The molecule has 1 aromatic carbocycles. The Morgan fingerprint density at radius 3 is 2.54 bits per heavy atom. The first-order chi connectivity index (χ1) is 17.8. The van der Waals surface area contributed by atoms with E-state index in [2.05, 4.69) is 59.7 Å². The third-order valence-electron chi connectivity index (χ3n) is 11.9. The standard InChI is InChI=1S/C31H46N4O2/c1-6-34(7-2)22-14-16-30(4)21(18-22)12-13-23-24(30)15-17-31(5)25(23)19-28(29(31)37-20(3)36)35-27-11-9-8-10-26(27)32-33-35/h8-11,21-25,28-29H,6-7,12-19H2,1-5H3/t21-,22-,23+,24-,25-,28-,29-,30-,31-/m0/s1. The van der Waals surface area contributed by atoms with Crippen LogP contribution in [0.1, 0.15) is 92.0 Å². The molecule has 4 fully saturated rings. The summed E-state index contributed by atoms with van der Waals surface area (Å²) in [7, 11) is 0. The van der Waals surface area contributed by atoms with E-state index in [9.17, 15) is 4.79 Å². The van der Waals surface area contributed by atoms with E-state index in [1.165, 1.54) is 51.6 Å². The van der Waals surface area contributed by atoms with Crippen molar-refractivity contribution in [2.75, 3.05) is 13.1 Å². The van der Waals surface area contributed by atoms with Crippen molar-refractivity contribution in [3.8, 4) is 0 Å². The fourth-order valence-corrected chi connectivity index (χ4v) is 10.0. The van der Waals surface area contributed by atoms with E-state index in [0.29, 0.717) is 17.3 Å². The van der Waals surface area contributed by atoms with Gasteiger partial charge in [-0.05, 0) is 106 Å². The van der Waals surface area contributed by atoms with Crippen LogP contribution in [0, 0.1) is 34.5 Å². The molecule has 37 heavy (non-hydrogen) atoms. The third kappa shape index (κ3) is 3.87. The van der Waals surface area contributed by atoms with E-state index in [1.54, 1.807) is 6.92 Å². The second kappa shape index (κ2) is 9.36. The van der Waals surface area contributed by atoms with Gasteiger partial charge >= 0.3 is 5.97 Å². The first kappa shape index (κ1) is 25.3. The molecule has 0 amide bonds. The molecule has 4 aliphatic rings. The normalized spacial score (nSPS) is 41.3. The summed E-state index contributed by atoms with van der Waals surface area (Å²) in [6.45, 7) is 13.6. The molecule has 0 radical (unpaired) electrons.